The maximum absolute atomic E-state index is 12.5. The average Bonchev–Trinajstić information content (AvgIpc) is 3.26. The van der Waals surface area contributed by atoms with Gasteiger partial charge in [-0.25, -0.2) is 0 Å². The van der Waals surface area contributed by atoms with Crippen molar-refractivity contribution in [3.63, 3.8) is 0 Å². The predicted molar refractivity (Wildman–Crippen MR) is 118 cm³/mol. The molecule has 2 heterocycles. The highest BCUT2D eigenvalue weighted by atomic mass is 32.2. The van der Waals surface area contributed by atoms with Crippen LogP contribution in [0.1, 0.15) is 30.2 Å². The Morgan fingerprint density at radius 2 is 2.07 bits per heavy atom. The number of carbonyl (C=O) groups is 2. The topological polar surface area (TPSA) is 49.4 Å². The van der Waals surface area contributed by atoms with Crippen molar-refractivity contribution in [1.82, 2.24) is 4.90 Å². The van der Waals surface area contributed by atoms with Crippen molar-refractivity contribution in [1.29, 1.82) is 0 Å². The number of nitrogens with zero attached hydrogens (tertiary/aromatic N) is 1. The largest absolute Gasteiger partial charge is 0.326 e. The number of nitrogens with one attached hydrogen (secondary N) is 1. The van der Waals surface area contributed by atoms with Gasteiger partial charge in [-0.3, -0.25) is 14.5 Å². The van der Waals surface area contributed by atoms with Crippen molar-refractivity contribution in [2.45, 2.75) is 26.2 Å². The van der Waals surface area contributed by atoms with Crippen molar-refractivity contribution in [3.8, 4) is 0 Å². The predicted octanol–water partition coefficient (Wildman–Crippen LogP) is 4.93. The number of thiocarbonyl (C=S) groups is 1. The van der Waals surface area contributed by atoms with Gasteiger partial charge < -0.3 is 5.32 Å². The Morgan fingerprint density at radius 1 is 1.26 bits per heavy atom. The van der Waals surface area contributed by atoms with Crippen molar-refractivity contribution in [3.05, 3.63) is 57.1 Å². The minimum Gasteiger partial charge on any atom is -0.326 e. The summed E-state index contributed by atoms with van der Waals surface area (Å²) in [7, 11) is 0. The smallest absolute Gasteiger partial charge is 0.266 e. The minimum atomic E-state index is -0.0739. The molecule has 0 atom stereocenters. The molecule has 4 nitrogen and oxygen atoms in total. The van der Waals surface area contributed by atoms with E-state index in [9.17, 15) is 9.59 Å². The molecule has 1 aromatic heterocycles. The van der Waals surface area contributed by atoms with Gasteiger partial charge in [-0.2, -0.15) is 0 Å². The van der Waals surface area contributed by atoms with E-state index in [1.807, 2.05) is 47.9 Å². The lowest BCUT2D eigenvalue weighted by molar-refractivity contribution is -0.122. The first kappa shape index (κ1) is 19.8. The number of thiophene rings is 1. The summed E-state index contributed by atoms with van der Waals surface area (Å²) in [6.07, 6.45) is 3.65. The van der Waals surface area contributed by atoms with Gasteiger partial charge in [0.1, 0.15) is 4.32 Å². The molecule has 0 spiro atoms. The molecule has 1 fully saturated rings. The highest BCUT2D eigenvalue weighted by Gasteiger charge is 2.31. The Labute approximate surface area is 172 Å². The van der Waals surface area contributed by atoms with Crippen LogP contribution in [0.5, 0.6) is 0 Å². The third-order valence-electron chi connectivity index (χ3n) is 4.15. The zero-order valence-corrected chi connectivity index (χ0v) is 17.4. The molecule has 1 aliphatic heterocycles. The molecule has 1 aliphatic rings. The second kappa shape index (κ2) is 9.30. The van der Waals surface area contributed by atoms with Crippen molar-refractivity contribution >= 4 is 63.2 Å². The Kier molecular flexibility index (Phi) is 6.82. The van der Waals surface area contributed by atoms with Crippen LogP contribution >= 0.6 is 35.3 Å². The van der Waals surface area contributed by atoms with Gasteiger partial charge in [0, 0.05) is 23.5 Å². The van der Waals surface area contributed by atoms with Crippen molar-refractivity contribution in [2.24, 2.45) is 0 Å². The monoisotopic (exact) mass is 416 g/mol. The first-order chi connectivity index (χ1) is 13.1. The normalized spacial score (nSPS) is 15.6. The fourth-order valence-electron chi connectivity index (χ4n) is 2.76. The van der Waals surface area contributed by atoms with E-state index in [4.69, 9.17) is 12.2 Å². The first-order valence-corrected chi connectivity index (χ1v) is 10.9. The molecule has 0 aliphatic carbocycles. The molecule has 3 rings (SSSR count). The second-order valence-corrected chi connectivity index (χ2v) is 8.67. The molecule has 7 heteroatoms. The van der Waals surface area contributed by atoms with Gasteiger partial charge in [0.25, 0.3) is 5.91 Å². The molecule has 140 valence electrons. The summed E-state index contributed by atoms with van der Waals surface area (Å²) in [6.45, 7) is 2.51. The fourth-order valence-corrected chi connectivity index (χ4v) is 4.79. The van der Waals surface area contributed by atoms with Crippen LogP contribution in [0.15, 0.2) is 46.7 Å². The summed E-state index contributed by atoms with van der Waals surface area (Å²) in [5, 5.41) is 4.93. The number of carbonyl (C=O) groups excluding carboxylic acids is 2. The summed E-state index contributed by atoms with van der Waals surface area (Å²) in [6, 6.07) is 11.7. The molecule has 27 heavy (non-hydrogen) atoms. The summed E-state index contributed by atoms with van der Waals surface area (Å²) in [5.41, 5.74) is 1.97. The van der Waals surface area contributed by atoms with Crippen LogP contribution in [-0.4, -0.2) is 27.6 Å². The average molecular weight is 417 g/mol. The van der Waals surface area contributed by atoms with Gasteiger partial charge >= 0.3 is 0 Å². The number of amides is 2. The lowest BCUT2D eigenvalue weighted by Crippen LogP contribution is -2.29. The number of thioether (sulfide) groups is 1. The lowest BCUT2D eigenvalue weighted by atomic mass is 10.1. The summed E-state index contributed by atoms with van der Waals surface area (Å²) >= 11 is 8.24. The number of hydrogen-bond donors (Lipinski definition) is 1. The maximum Gasteiger partial charge on any atom is 0.266 e. The number of para-hydroxylation sites is 1. The van der Waals surface area contributed by atoms with Crippen LogP contribution in [0, 0.1) is 0 Å². The van der Waals surface area contributed by atoms with Crippen LogP contribution in [0.25, 0.3) is 6.08 Å². The standard InChI is InChI=1S/C20H20N2O2S3/c1-2-14-7-3-4-9-16(14)21-18(23)10-5-11-22-19(24)17(27-20(22)25)13-15-8-6-12-26-15/h3-4,6-9,12-13H,2,5,10-11H2,1H3,(H,21,23)/b17-13-. The zero-order valence-electron chi connectivity index (χ0n) is 14.9. The summed E-state index contributed by atoms with van der Waals surface area (Å²) in [4.78, 5) is 28.0. The van der Waals surface area contributed by atoms with Gasteiger partial charge in [-0.15, -0.1) is 11.3 Å². The van der Waals surface area contributed by atoms with E-state index < -0.39 is 0 Å². The maximum atomic E-state index is 12.5. The van der Waals surface area contributed by atoms with E-state index in [1.165, 1.54) is 11.8 Å². The third-order valence-corrected chi connectivity index (χ3v) is 6.35. The minimum absolute atomic E-state index is 0.0459. The van der Waals surface area contributed by atoms with E-state index in [0.29, 0.717) is 28.6 Å². The van der Waals surface area contributed by atoms with Crippen LogP contribution in [0.2, 0.25) is 0 Å². The van der Waals surface area contributed by atoms with E-state index >= 15 is 0 Å². The number of benzene rings is 1. The molecule has 0 saturated carbocycles. The number of hydrogen-bond acceptors (Lipinski definition) is 5. The highest BCUT2D eigenvalue weighted by Crippen LogP contribution is 2.33. The van der Waals surface area contributed by atoms with Gasteiger partial charge in [0.15, 0.2) is 0 Å². The molecule has 0 bridgehead atoms. The molecule has 2 aromatic rings. The Hall–Kier alpha value is -1.96. The summed E-state index contributed by atoms with van der Waals surface area (Å²) < 4.78 is 0.555. The van der Waals surface area contributed by atoms with Gasteiger partial charge in [0.05, 0.1) is 4.91 Å². The van der Waals surface area contributed by atoms with Crippen molar-refractivity contribution < 1.29 is 9.59 Å². The molecule has 1 N–H and O–H groups in total. The van der Waals surface area contributed by atoms with Gasteiger partial charge in [-0.1, -0.05) is 55.2 Å². The zero-order chi connectivity index (χ0) is 19.2. The molecular formula is C20H20N2O2S3. The van der Waals surface area contributed by atoms with Crippen molar-refractivity contribution in [2.75, 3.05) is 11.9 Å². The molecular weight excluding hydrogens is 396 g/mol. The number of anilines is 1. The third kappa shape index (κ3) is 5.06. The number of aryl methyl sites for hydroxylation is 1. The fraction of sp³-hybridized carbons (Fsp3) is 0.250. The molecule has 2 amide bonds. The Bertz CT molecular complexity index is 875. The van der Waals surface area contributed by atoms with Crippen LogP contribution in [0.3, 0.4) is 0 Å². The van der Waals surface area contributed by atoms with E-state index in [2.05, 4.69) is 12.2 Å². The first-order valence-electron chi connectivity index (χ1n) is 8.75. The second-order valence-electron chi connectivity index (χ2n) is 6.01. The van der Waals surface area contributed by atoms with Crippen LogP contribution in [-0.2, 0) is 16.0 Å². The lowest BCUT2D eigenvalue weighted by Gasteiger charge is -2.14. The molecule has 1 aromatic carbocycles. The van der Waals surface area contributed by atoms with Crippen LogP contribution in [0.4, 0.5) is 5.69 Å². The molecule has 1 saturated heterocycles. The molecule has 0 unspecified atom stereocenters. The Balaban J connectivity index is 1.52. The van der Waals surface area contributed by atoms with Gasteiger partial charge in [-0.05, 0) is 42.0 Å². The molecule has 0 radical (unpaired) electrons. The van der Waals surface area contributed by atoms with Crippen LogP contribution < -0.4 is 5.32 Å². The Morgan fingerprint density at radius 3 is 2.81 bits per heavy atom. The number of rotatable bonds is 7. The van der Waals surface area contributed by atoms with Gasteiger partial charge in [0.2, 0.25) is 5.91 Å². The SMILES string of the molecule is CCc1ccccc1NC(=O)CCCN1C(=O)/C(=C/c2cccs2)SC1=S. The highest BCUT2D eigenvalue weighted by molar-refractivity contribution is 8.26. The summed E-state index contributed by atoms with van der Waals surface area (Å²) in [5.74, 6) is -0.120. The van der Waals surface area contributed by atoms with E-state index in [1.54, 1.807) is 16.2 Å². The van der Waals surface area contributed by atoms with E-state index in [-0.39, 0.29) is 11.8 Å². The van der Waals surface area contributed by atoms with E-state index in [0.717, 1.165) is 22.5 Å². The quantitative estimate of drug-likeness (QED) is 0.514.